The molecule has 21 heavy (non-hydrogen) atoms. The van der Waals surface area contributed by atoms with Crippen molar-refractivity contribution in [2.45, 2.75) is 25.2 Å². The lowest BCUT2D eigenvalue weighted by Crippen LogP contribution is -2.14. The summed E-state index contributed by atoms with van der Waals surface area (Å²) in [5, 5.41) is 11.4. The third-order valence-electron chi connectivity index (χ3n) is 4.26. The van der Waals surface area contributed by atoms with Gasteiger partial charge in [-0.1, -0.05) is 12.1 Å². The fourth-order valence-corrected chi connectivity index (χ4v) is 3.38. The predicted octanol–water partition coefficient (Wildman–Crippen LogP) is 3.36. The monoisotopic (exact) mass is 286 g/mol. The van der Waals surface area contributed by atoms with Crippen LogP contribution in [0, 0.1) is 0 Å². The Morgan fingerprint density at radius 3 is 2.48 bits per heavy atom. The van der Waals surface area contributed by atoms with E-state index in [2.05, 4.69) is 0 Å². The zero-order valence-corrected chi connectivity index (χ0v) is 12.2. The lowest BCUT2D eigenvalue weighted by Gasteiger charge is -2.27. The Labute approximate surface area is 123 Å². The van der Waals surface area contributed by atoms with Crippen LogP contribution in [0.4, 0.5) is 0 Å². The minimum absolute atomic E-state index is 0.0132. The second-order valence-electron chi connectivity index (χ2n) is 5.36. The SMILES string of the molecule is COc1ccc2ccc(OC)c3c2c1CC[C@H]3CC(=O)O. The van der Waals surface area contributed by atoms with Crippen molar-refractivity contribution in [2.75, 3.05) is 14.2 Å². The van der Waals surface area contributed by atoms with Gasteiger partial charge in [-0.2, -0.15) is 0 Å². The molecule has 1 aliphatic rings. The van der Waals surface area contributed by atoms with Crippen LogP contribution in [-0.2, 0) is 11.2 Å². The minimum Gasteiger partial charge on any atom is -0.496 e. The highest BCUT2D eigenvalue weighted by Crippen LogP contribution is 2.46. The van der Waals surface area contributed by atoms with Crippen molar-refractivity contribution < 1.29 is 19.4 Å². The molecular weight excluding hydrogens is 268 g/mol. The number of rotatable bonds is 4. The van der Waals surface area contributed by atoms with Crippen LogP contribution in [0.2, 0.25) is 0 Å². The molecule has 0 saturated carbocycles. The van der Waals surface area contributed by atoms with Gasteiger partial charge in [-0.25, -0.2) is 0 Å². The number of benzene rings is 2. The van der Waals surface area contributed by atoms with Crippen molar-refractivity contribution in [3.8, 4) is 11.5 Å². The van der Waals surface area contributed by atoms with Crippen LogP contribution in [0.5, 0.6) is 11.5 Å². The lowest BCUT2D eigenvalue weighted by molar-refractivity contribution is -0.137. The molecule has 0 amide bonds. The van der Waals surface area contributed by atoms with Gasteiger partial charge < -0.3 is 14.6 Å². The van der Waals surface area contributed by atoms with Crippen molar-refractivity contribution in [3.05, 3.63) is 35.4 Å². The maximum Gasteiger partial charge on any atom is 0.303 e. The van der Waals surface area contributed by atoms with Gasteiger partial charge in [0.15, 0.2) is 0 Å². The van der Waals surface area contributed by atoms with E-state index in [-0.39, 0.29) is 12.3 Å². The molecule has 0 aromatic heterocycles. The number of carboxylic acid groups (broad SMARTS) is 1. The molecule has 1 aliphatic carbocycles. The molecule has 110 valence electrons. The van der Waals surface area contributed by atoms with Gasteiger partial charge in [-0.15, -0.1) is 0 Å². The van der Waals surface area contributed by atoms with E-state index in [4.69, 9.17) is 14.6 Å². The van der Waals surface area contributed by atoms with Gasteiger partial charge in [0.25, 0.3) is 0 Å². The molecule has 0 unspecified atom stereocenters. The van der Waals surface area contributed by atoms with Crippen molar-refractivity contribution in [1.29, 1.82) is 0 Å². The molecule has 0 radical (unpaired) electrons. The van der Waals surface area contributed by atoms with Gasteiger partial charge in [-0.3, -0.25) is 4.79 Å². The summed E-state index contributed by atoms with van der Waals surface area (Å²) in [6, 6.07) is 7.94. The summed E-state index contributed by atoms with van der Waals surface area (Å²) in [7, 11) is 3.30. The Balaban J connectivity index is 2.30. The molecule has 4 nitrogen and oxygen atoms in total. The molecule has 0 bridgehead atoms. The first-order valence-corrected chi connectivity index (χ1v) is 7.04. The number of aliphatic carboxylic acids is 1. The van der Waals surface area contributed by atoms with E-state index in [0.29, 0.717) is 0 Å². The average Bonchev–Trinajstić information content (AvgIpc) is 2.49. The summed E-state index contributed by atoms with van der Waals surface area (Å²) in [6.07, 6.45) is 1.76. The molecule has 1 N–H and O–H groups in total. The molecule has 0 heterocycles. The second kappa shape index (κ2) is 5.28. The van der Waals surface area contributed by atoms with Crippen LogP contribution >= 0.6 is 0 Å². The van der Waals surface area contributed by atoms with E-state index >= 15 is 0 Å². The number of carbonyl (C=O) groups is 1. The van der Waals surface area contributed by atoms with Crippen molar-refractivity contribution in [1.82, 2.24) is 0 Å². The summed E-state index contributed by atoms with van der Waals surface area (Å²) in [5.41, 5.74) is 2.17. The van der Waals surface area contributed by atoms with Crippen molar-refractivity contribution >= 4 is 16.7 Å². The Hall–Kier alpha value is -2.23. The van der Waals surface area contributed by atoms with Crippen LogP contribution in [0.3, 0.4) is 0 Å². The highest BCUT2D eigenvalue weighted by atomic mass is 16.5. The third kappa shape index (κ3) is 2.20. The van der Waals surface area contributed by atoms with E-state index < -0.39 is 5.97 Å². The summed E-state index contributed by atoms with van der Waals surface area (Å²) >= 11 is 0. The molecule has 2 aromatic carbocycles. The highest BCUT2D eigenvalue weighted by molar-refractivity contribution is 5.94. The van der Waals surface area contributed by atoms with Crippen molar-refractivity contribution in [3.63, 3.8) is 0 Å². The standard InChI is InChI=1S/C17H18O4/c1-20-13-7-4-10-5-8-14(21-2)17-11(9-15(18)19)3-6-12(13)16(10)17/h4-5,7-8,11H,3,6,9H2,1-2H3,(H,18,19)/t11-/m0/s1. The fourth-order valence-electron chi connectivity index (χ4n) is 3.38. The zero-order valence-electron chi connectivity index (χ0n) is 12.2. The van der Waals surface area contributed by atoms with Gasteiger partial charge in [0.2, 0.25) is 0 Å². The molecular formula is C17H18O4. The first-order valence-electron chi connectivity index (χ1n) is 7.04. The van der Waals surface area contributed by atoms with Crippen LogP contribution in [-0.4, -0.2) is 25.3 Å². The smallest absolute Gasteiger partial charge is 0.303 e. The number of methoxy groups -OCH3 is 2. The largest absolute Gasteiger partial charge is 0.496 e. The molecule has 0 fully saturated rings. The van der Waals surface area contributed by atoms with Gasteiger partial charge in [0, 0.05) is 11.1 Å². The molecule has 4 heteroatoms. The van der Waals surface area contributed by atoms with E-state index in [0.717, 1.165) is 46.2 Å². The van der Waals surface area contributed by atoms with Crippen molar-refractivity contribution in [2.24, 2.45) is 0 Å². The summed E-state index contributed by atoms with van der Waals surface area (Å²) in [5.74, 6) is 0.847. The lowest BCUT2D eigenvalue weighted by atomic mass is 9.79. The van der Waals surface area contributed by atoms with Crippen LogP contribution in [0.25, 0.3) is 10.8 Å². The van der Waals surface area contributed by atoms with E-state index in [9.17, 15) is 4.79 Å². The fraction of sp³-hybridized carbons (Fsp3) is 0.353. The summed E-state index contributed by atoms with van der Waals surface area (Å²) < 4.78 is 11.0. The van der Waals surface area contributed by atoms with E-state index in [1.807, 2.05) is 24.3 Å². The Morgan fingerprint density at radius 2 is 1.86 bits per heavy atom. The van der Waals surface area contributed by atoms with Crippen LogP contribution in [0.1, 0.15) is 29.9 Å². The first-order chi connectivity index (χ1) is 10.2. The third-order valence-corrected chi connectivity index (χ3v) is 4.26. The molecule has 0 spiro atoms. The van der Waals surface area contributed by atoms with Crippen LogP contribution in [0.15, 0.2) is 24.3 Å². The Kier molecular flexibility index (Phi) is 3.45. The first kappa shape index (κ1) is 13.7. The van der Waals surface area contributed by atoms with E-state index in [1.165, 1.54) is 0 Å². The van der Waals surface area contributed by atoms with E-state index in [1.54, 1.807) is 14.2 Å². The maximum absolute atomic E-state index is 11.2. The van der Waals surface area contributed by atoms with Gasteiger partial charge >= 0.3 is 5.97 Å². The van der Waals surface area contributed by atoms with Gasteiger partial charge in [0.05, 0.1) is 20.6 Å². The Bertz CT molecular complexity index is 700. The predicted molar refractivity (Wildman–Crippen MR) is 80.4 cm³/mol. The number of ether oxygens (including phenoxy) is 2. The molecule has 2 aromatic rings. The molecule has 0 aliphatic heterocycles. The minimum atomic E-state index is -0.773. The van der Waals surface area contributed by atoms with Gasteiger partial charge in [0.1, 0.15) is 11.5 Å². The number of hydrogen-bond acceptors (Lipinski definition) is 3. The number of aryl methyl sites for hydroxylation is 1. The average molecular weight is 286 g/mol. The Morgan fingerprint density at radius 1 is 1.19 bits per heavy atom. The molecule has 3 rings (SSSR count). The topological polar surface area (TPSA) is 55.8 Å². The number of carboxylic acids is 1. The second-order valence-corrected chi connectivity index (χ2v) is 5.36. The summed E-state index contributed by atoms with van der Waals surface area (Å²) in [6.45, 7) is 0. The van der Waals surface area contributed by atoms with Gasteiger partial charge in [-0.05, 0) is 41.7 Å². The normalized spacial score (nSPS) is 16.8. The molecule has 0 saturated heterocycles. The maximum atomic E-state index is 11.2. The molecule has 1 atom stereocenters. The summed E-state index contributed by atoms with van der Waals surface area (Å²) in [4.78, 5) is 11.2. The quantitative estimate of drug-likeness (QED) is 0.936. The van der Waals surface area contributed by atoms with Crippen LogP contribution < -0.4 is 9.47 Å². The zero-order chi connectivity index (χ0) is 15.0. The number of hydrogen-bond donors (Lipinski definition) is 1. The highest BCUT2D eigenvalue weighted by Gasteiger charge is 2.28.